The average Bonchev–Trinajstić information content (AvgIpc) is 2.33. The van der Waals surface area contributed by atoms with Crippen LogP contribution in [0.4, 0.5) is 0 Å². The summed E-state index contributed by atoms with van der Waals surface area (Å²) in [4.78, 5) is 16.6. The van der Waals surface area contributed by atoms with Crippen molar-refractivity contribution in [2.45, 2.75) is 50.1 Å². The van der Waals surface area contributed by atoms with E-state index >= 15 is 0 Å². The van der Waals surface area contributed by atoms with E-state index in [9.17, 15) is 4.79 Å². The van der Waals surface area contributed by atoms with E-state index in [1.807, 2.05) is 11.9 Å². The van der Waals surface area contributed by atoms with Crippen LogP contribution in [0.1, 0.15) is 38.5 Å². The Balaban J connectivity index is 1.90. The summed E-state index contributed by atoms with van der Waals surface area (Å²) in [7, 11) is 6.23. The van der Waals surface area contributed by atoms with Gasteiger partial charge in [0, 0.05) is 19.1 Å². The van der Waals surface area contributed by atoms with Gasteiger partial charge in [0.2, 0.25) is 5.91 Å². The zero-order chi connectivity index (χ0) is 13.2. The van der Waals surface area contributed by atoms with Gasteiger partial charge in [0.05, 0.1) is 6.04 Å². The van der Waals surface area contributed by atoms with Gasteiger partial charge in [-0.15, -0.1) is 0 Å². The first kappa shape index (κ1) is 13.8. The molecule has 1 saturated heterocycles. The monoisotopic (exact) mass is 253 g/mol. The molecule has 2 fully saturated rings. The smallest absolute Gasteiger partial charge is 0.239 e. The highest BCUT2D eigenvalue weighted by Gasteiger charge is 2.41. The molecule has 0 radical (unpaired) electrons. The lowest BCUT2D eigenvalue weighted by molar-refractivity contribution is -0.135. The van der Waals surface area contributed by atoms with Crippen LogP contribution in [0.2, 0.25) is 0 Å². The lowest BCUT2D eigenvalue weighted by Gasteiger charge is -2.49. The molecule has 0 aromatic carbocycles. The first-order chi connectivity index (χ1) is 8.55. The molecule has 2 aliphatic rings. The maximum absolute atomic E-state index is 12.4. The van der Waals surface area contributed by atoms with Crippen molar-refractivity contribution in [2.75, 3.05) is 34.2 Å². The molecule has 1 atom stereocenters. The molecule has 4 nitrogen and oxygen atoms in total. The fraction of sp³-hybridized carbons (Fsp3) is 0.929. The minimum atomic E-state index is 0.0584. The van der Waals surface area contributed by atoms with Gasteiger partial charge >= 0.3 is 0 Å². The summed E-state index contributed by atoms with van der Waals surface area (Å²) in [5.41, 5.74) is 0.235. The number of likely N-dealkylation sites (N-methyl/N-ethyl adjacent to an activating group) is 2. The second-order valence-electron chi connectivity index (χ2n) is 6.17. The number of hydrogen-bond acceptors (Lipinski definition) is 3. The van der Waals surface area contributed by atoms with Gasteiger partial charge in [-0.25, -0.2) is 0 Å². The molecule has 104 valence electrons. The van der Waals surface area contributed by atoms with Crippen molar-refractivity contribution in [3.8, 4) is 0 Å². The minimum Gasteiger partial charge on any atom is -0.343 e. The summed E-state index contributed by atoms with van der Waals surface area (Å²) in [5.74, 6) is 0.280. The summed E-state index contributed by atoms with van der Waals surface area (Å²) in [6.07, 6.45) is 7.11. The summed E-state index contributed by atoms with van der Waals surface area (Å²) in [6, 6.07) is 0.0584. The van der Waals surface area contributed by atoms with Crippen molar-refractivity contribution in [3.63, 3.8) is 0 Å². The first-order valence-electron chi connectivity index (χ1n) is 7.21. The van der Waals surface area contributed by atoms with Crippen molar-refractivity contribution in [2.24, 2.45) is 0 Å². The lowest BCUT2D eigenvalue weighted by atomic mass is 9.75. The largest absolute Gasteiger partial charge is 0.343 e. The maximum atomic E-state index is 12.4. The Kier molecular flexibility index (Phi) is 4.28. The number of nitrogens with zero attached hydrogens (tertiary/aromatic N) is 2. The minimum absolute atomic E-state index is 0.0584. The fourth-order valence-electron chi connectivity index (χ4n) is 3.18. The Morgan fingerprint density at radius 3 is 2.39 bits per heavy atom. The van der Waals surface area contributed by atoms with Gasteiger partial charge in [0.15, 0.2) is 0 Å². The standard InChI is InChI=1S/C14H27N3O/c1-16(2)14(8-6-9-14)11-17(3)13(18)12-7-4-5-10-15-12/h12,15H,4-11H2,1-3H3. The zero-order valence-electron chi connectivity index (χ0n) is 12.0. The lowest BCUT2D eigenvalue weighted by Crippen LogP contribution is -2.59. The number of amides is 1. The van der Waals surface area contributed by atoms with Crippen LogP contribution in [0, 0.1) is 0 Å². The fourth-order valence-corrected chi connectivity index (χ4v) is 3.18. The highest BCUT2D eigenvalue weighted by Crippen LogP contribution is 2.36. The predicted octanol–water partition coefficient (Wildman–Crippen LogP) is 1.07. The molecule has 1 N–H and O–H groups in total. The van der Waals surface area contributed by atoms with Crippen molar-refractivity contribution < 1.29 is 4.79 Å². The van der Waals surface area contributed by atoms with E-state index in [0.717, 1.165) is 19.5 Å². The molecule has 4 heteroatoms. The Morgan fingerprint density at radius 1 is 1.22 bits per heavy atom. The third-order valence-corrected chi connectivity index (χ3v) is 4.75. The van der Waals surface area contributed by atoms with Gasteiger partial charge < -0.3 is 15.1 Å². The van der Waals surface area contributed by atoms with Gasteiger partial charge in [0.1, 0.15) is 0 Å². The van der Waals surface area contributed by atoms with E-state index in [-0.39, 0.29) is 17.5 Å². The van der Waals surface area contributed by atoms with Crippen LogP contribution in [0.3, 0.4) is 0 Å². The topological polar surface area (TPSA) is 35.6 Å². The third kappa shape index (κ3) is 2.69. The highest BCUT2D eigenvalue weighted by atomic mass is 16.2. The van der Waals surface area contributed by atoms with Crippen LogP contribution >= 0.6 is 0 Å². The van der Waals surface area contributed by atoms with Crippen molar-refractivity contribution >= 4 is 5.91 Å². The molecule has 2 rings (SSSR count). The SMILES string of the molecule is CN(CC1(N(C)C)CCC1)C(=O)C1CCCCN1. The molecule has 1 aliphatic heterocycles. The number of hydrogen-bond donors (Lipinski definition) is 1. The van der Waals surface area contributed by atoms with E-state index in [4.69, 9.17) is 0 Å². The second-order valence-corrected chi connectivity index (χ2v) is 6.17. The third-order valence-electron chi connectivity index (χ3n) is 4.75. The molecule has 18 heavy (non-hydrogen) atoms. The summed E-state index contributed by atoms with van der Waals surface area (Å²) in [6.45, 7) is 1.86. The molecule has 1 heterocycles. The first-order valence-corrected chi connectivity index (χ1v) is 7.21. The molecular weight excluding hydrogens is 226 g/mol. The Labute approximate surface area is 111 Å². The van der Waals surface area contributed by atoms with Crippen molar-refractivity contribution in [1.29, 1.82) is 0 Å². The normalized spacial score (nSPS) is 26.8. The van der Waals surface area contributed by atoms with E-state index in [1.54, 1.807) is 0 Å². The molecule has 0 aromatic heterocycles. The Morgan fingerprint density at radius 2 is 1.94 bits per heavy atom. The molecular formula is C14H27N3O. The highest BCUT2D eigenvalue weighted by molar-refractivity contribution is 5.81. The second kappa shape index (κ2) is 5.57. The quantitative estimate of drug-likeness (QED) is 0.814. The number of nitrogens with one attached hydrogen (secondary N) is 1. The number of carbonyl (C=O) groups is 1. The van der Waals surface area contributed by atoms with Crippen LogP contribution in [0.15, 0.2) is 0 Å². The molecule has 0 spiro atoms. The van der Waals surface area contributed by atoms with E-state index in [2.05, 4.69) is 24.3 Å². The van der Waals surface area contributed by atoms with Crippen LogP contribution < -0.4 is 5.32 Å². The Bertz CT molecular complexity index is 293. The van der Waals surface area contributed by atoms with E-state index < -0.39 is 0 Å². The van der Waals surface area contributed by atoms with Crippen LogP contribution in [-0.2, 0) is 4.79 Å². The van der Waals surface area contributed by atoms with Gasteiger partial charge in [-0.3, -0.25) is 4.79 Å². The molecule has 1 amide bonds. The average molecular weight is 253 g/mol. The maximum Gasteiger partial charge on any atom is 0.239 e. The van der Waals surface area contributed by atoms with Crippen LogP contribution in [-0.4, -0.2) is 61.5 Å². The van der Waals surface area contributed by atoms with Crippen LogP contribution in [0.25, 0.3) is 0 Å². The van der Waals surface area contributed by atoms with Gasteiger partial charge in [-0.2, -0.15) is 0 Å². The van der Waals surface area contributed by atoms with Gasteiger partial charge in [-0.1, -0.05) is 6.42 Å². The van der Waals surface area contributed by atoms with Crippen LogP contribution in [0.5, 0.6) is 0 Å². The molecule has 1 saturated carbocycles. The molecule has 0 aromatic rings. The van der Waals surface area contributed by atoms with Crippen molar-refractivity contribution in [1.82, 2.24) is 15.1 Å². The van der Waals surface area contributed by atoms with E-state index in [1.165, 1.54) is 32.1 Å². The molecule has 1 unspecified atom stereocenters. The number of piperidine rings is 1. The van der Waals surface area contributed by atoms with Gasteiger partial charge in [0.25, 0.3) is 0 Å². The molecule has 0 bridgehead atoms. The van der Waals surface area contributed by atoms with Gasteiger partial charge in [-0.05, 0) is 52.7 Å². The number of rotatable bonds is 4. The summed E-state index contributed by atoms with van der Waals surface area (Å²) < 4.78 is 0. The number of carbonyl (C=O) groups excluding carboxylic acids is 1. The molecule has 1 aliphatic carbocycles. The Hall–Kier alpha value is -0.610. The summed E-state index contributed by atoms with van der Waals surface area (Å²) in [5, 5.41) is 3.35. The summed E-state index contributed by atoms with van der Waals surface area (Å²) >= 11 is 0. The predicted molar refractivity (Wildman–Crippen MR) is 73.5 cm³/mol. The zero-order valence-corrected chi connectivity index (χ0v) is 12.0. The van der Waals surface area contributed by atoms with E-state index in [0.29, 0.717) is 0 Å². The van der Waals surface area contributed by atoms with Crippen molar-refractivity contribution in [3.05, 3.63) is 0 Å².